The van der Waals surface area contributed by atoms with E-state index in [0.29, 0.717) is 5.02 Å². The maximum Gasteiger partial charge on any atom is 0.272 e. The van der Waals surface area contributed by atoms with Gasteiger partial charge in [-0.3, -0.25) is 9.59 Å². The van der Waals surface area contributed by atoms with E-state index >= 15 is 0 Å². The van der Waals surface area contributed by atoms with Gasteiger partial charge in [0.1, 0.15) is 6.61 Å². The molecule has 9 nitrogen and oxygen atoms in total. The van der Waals surface area contributed by atoms with Crippen LogP contribution >= 0.6 is 11.6 Å². The molecule has 0 unspecified atom stereocenters. The molecule has 0 radical (unpaired) electrons. The molecular weight excluding hydrogens is 488 g/mol. The molecule has 0 saturated heterocycles. The second kappa shape index (κ2) is 12.9. The summed E-state index contributed by atoms with van der Waals surface area (Å²) in [5.74, 6) is -2.34. The number of carboxylic acid groups (broad SMARTS) is 1. The largest absolute Gasteiger partial charge is 0.550 e. The van der Waals surface area contributed by atoms with Gasteiger partial charge in [0, 0.05) is 49.9 Å². The molecular formula is C26H26ClN2O7-. The molecule has 0 fully saturated rings. The molecule has 0 aliphatic heterocycles. The molecule has 0 spiro atoms. The second-order valence-electron chi connectivity index (χ2n) is 7.85. The fourth-order valence-corrected chi connectivity index (χ4v) is 3.75. The van der Waals surface area contributed by atoms with Crippen LogP contribution in [-0.4, -0.2) is 37.0 Å². The minimum Gasteiger partial charge on any atom is -0.550 e. The maximum absolute atomic E-state index is 13.4. The maximum atomic E-state index is 13.4. The van der Waals surface area contributed by atoms with Crippen molar-refractivity contribution in [3.05, 3.63) is 98.4 Å². The predicted octanol–water partition coefficient (Wildman–Crippen LogP) is 1.92. The molecule has 190 valence electrons. The molecule has 3 rings (SSSR count). The number of nitrogens with one attached hydrogen (secondary N) is 1. The Balaban J connectivity index is 2.06. The van der Waals surface area contributed by atoms with E-state index in [4.69, 9.17) is 25.8 Å². The van der Waals surface area contributed by atoms with Gasteiger partial charge in [0.15, 0.2) is 17.7 Å². The van der Waals surface area contributed by atoms with Gasteiger partial charge in [-0.1, -0.05) is 54.1 Å². The topological polar surface area (TPSA) is 119 Å². The lowest BCUT2D eigenvalue weighted by Gasteiger charge is -2.22. The van der Waals surface area contributed by atoms with Crippen molar-refractivity contribution in [3.63, 3.8) is 0 Å². The first-order chi connectivity index (χ1) is 17.3. The number of aromatic nitrogens is 1. The van der Waals surface area contributed by atoms with Gasteiger partial charge in [-0.25, -0.2) is 0 Å². The number of pyridine rings is 1. The summed E-state index contributed by atoms with van der Waals surface area (Å²) in [5.41, 5.74) is 0.586. The van der Waals surface area contributed by atoms with Gasteiger partial charge in [0.05, 0.1) is 6.54 Å². The lowest BCUT2D eigenvalue weighted by atomic mass is 10.1. The van der Waals surface area contributed by atoms with Gasteiger partial charge < -0.3 is 34.0 Å². The lowest BCUT2D eigenvalue weighted by Crippen LogP contribution is -2.35. The highest BCUT2D eigenvalue weighted by atomic mass is 35.5. The highest BCUT2D eigenvalue weighted by Crippen LogP contribution is 2.20. The summed E-state index contributed by atoms with van der Waals surface area (Å²) in [5, 5.41) is 14.6. The molecule has 2 aromatic carbocycles. The first-order valence-electron chi connectivity index (χ1n) is 11.0. The fourth-order valence-electron chi connectivity index (χ4n) is 3.54. The standard InChI is InChI=1S/C26H27ClN2O7/c1-34-22(35-2)15-29-14-19(12-21(30)31)24(32)25(36-16-17-7-4-3-5-8-17)23(29)26(33)28-13-18-9-6-10-20(27)11-18/h3-11,14,22H,12-13,15-16H2,1-2H3,(H,28,33)(H,30,31)/p-1. The van der Waals surface area contributed by atoms with Crippen LogP contribution in [0.25, 0.3) is 0 Å². The zero-order valence-electron chi connectivity index (χ0n) is 19.9. The number of hydrogen-bond acceptors (Lipinski definition) is 7. The molecule has 1 N–H and O–H groups in total. The summed E-state index contributed by atoms with van der Waals surface area (Å²) in [6.07, 6.45) is -0.160. The van der Waals surface area contributed by atoms with E-state index in [1.807, 2.05) is 18.2 Å². The molecule has 36 heavy (non-hydrogen) atoms. The fraction of sp³-hybridized carbons (Fsp3) is 0.269. The Morgan fingerprint density at radius 2 is 1.75 bits per heavy atom. The number of amides is 1. The van der Waals surface area contributed by atoms with Crippen molar-refractivity contribution >= 4 is 23.5 Å². The van der Waals surface area contributed by atoms with Crippen molar-refractivity contribution in [2.45, 2.75) is 32.4 Å². The van der Waals surface area contributed by atoms with E-state index in [1.165, 1.54) is 25.0 Å². The summed E-state index contributed by atoms with van der Waals surface area (Å²) in [7, 11) is 2.84. The molecule has 3 aromatic rings. The number of halogens is 1. The van der Waals surface area contributed by atoms with Crippen molar-refractivity contribution in [1.82, 2.24) is 9.88 Å². The Bertz CT molecular complexity index is 1260. The SMILES string of the molecule is COC(Cn1cc(CC(=O)[O-])c(=O)c(OCc2ccccc2)c1C(=O)NCc1cccc(Cl)c1)OC. The van der Waals surface area contributed by atoms with Crippen LogP contribution in [0.15, 0.2) is 65.6 Å². The predicted molar refractivity (Wildman–Crippen MR) is 131 cm³/mol. The van der Waals surface area contributed by atoms with Gasteiger partial charge in [-0.05, 0) is 23.3 Å². The number of rotatable bonds is 12. The van der Waals surface area contributed by atoms with Gasteiger partial charge in [-0.2, -0.15) is 0 Å². The average Bonchev–Trinajstić information content (AvgIpc) is 2.86. The molecule has 0 aliphatic rings. The van der Waals surface area contributed by atoms with Crippen molar-refractivity contribution in [2.75, 3.05) is 14.2 Å². The number of carboxylic acids is 1. The third-order valence-electron chi connectivity index (χ3n) is 5.30. The molecule has 10 heteroatoms. The molecule has 1 aromatic heterocycles. The first kappa shape index (κ1) is 26.9. The molecule has 0 bridgehead atoms. The van der Waals surface area contributed by atoms with Crippen LogP contribution in [0, 0.1) is 0 Å². The number of ether oxygens (including phenoxy) is 3. The summed E-state index contributed by atoms with van der Waals surface area (Å²) in [6.45, 7) is 0.0941. The summed E-state index contributed by atoms with van der Waals surface area (Å²) in [4.78, 5) is 38.0. The molecule has 0 saturated carbocycles. The highest BCUT2D eigenvalue weighted by molar-refractivity contribution is 6.30. The number of benzene rings is 2. The number of carbonyl (C=O) groups excluding carboxylic acids is 2. The molecule has 1 heterocycles. The molecule has 0 atom stereocenters. The first-order valence-corrected chi connectivity index (χ1v) is 11.4. The van der Waals surface area contributed by atoms with Gasteiger partial charge >= 0.3 is 0 Å². The smallest absolute Gasteiger partial charge is 0.272 e. The average molecular weight is 514 g/mol. The van der Waals surface area contributed by atoms with Crippen molar-refractivity contribution in [3.8, 4) is 5.75 Å². The summed E-state index contributed by atoms with van der Waals surface area (Å²) in [6, 6.07) is 16.0. The van der Waals surface area contributed by atoms with Gasteiger partial charge in [-0.15, -0.1) is 0 Å². The van der Waals surface area contributed by atoms with E-state index in [2.05, 4.69) is 5.32 Å². The summed E-state index contributed by atoms with van der Waals surface area (Å²) >= 11 is 6.04. The zero-order chi connectivity index (χ0) is 26.1. The van der Waals surface area contributed by atoms with Crippen molar-refractivity contribution in [2.24, 2.45) is 0 Å². The minimum atomic E-state index is -1.44. The zero-order valence-corrected chi connectivity index (χ0v) is 20.6. The van der Waals surface area contributed by atoms with Gasteiger partial charge in [0.25, 0.3) is 5.91 Å². The summed E-state index contributed by atoms with van der Waals surface area (Å²) < 4.78 is 17.8. The van der Waals surface area contributed by atoms with Crippen LogP contribution in [0.4, 0.5) is 0 Å². The Morgan fingerprint density at radius 1 is 1.06 bits per heavy atom. The van der Waals surface area contributed by atoms with Crippen LogP contribution in [0.5, 0.6) is 5.75 Å². The number of methoxy groups -OCH3 is 2. The van der Waals surface area contributed by atoms with Gasteiger partial charge in [0.2, 0.25) is 5.43 Å². The third kappa shape index (κ3) is 7.17. The Hall–Kier alpha value is -3.66. The Kier molecular flexibility index (Phi) is 9.63. The molecule has 1 amide bonds. The van der Waals surface area contributed by atoms with Crippen molar-refractivity contribution in [1.29, 1.82) is 0 Å². The molecule has 0 aliphatic carbocycles. The van der Waals surface area contributed by atoms with Crippen molar-refractivity contribution < 1.29 is 28.9 Å². The quantitative estimate of drug-likeness (QED) is 0.367. The number of aliphatic carboxylic acids is 1. The monoisotopic (exact) mass is 513 g/mol. The lowest BCUT2D eigenvalue weighted by molar-refractivity contribution is -0.304. The minimum absolute atomic E-state index is 0.0165. The van der Waals surface area contributed by atoms with E-state index in [9.17, 15) is 19.5 Å². The van der Waals surface area contributed by atoms with Crippen LogP contribution in [0.1, 0.15) is 27.2 Å². The van der Waals surface area contributed by atoms with Crippen LogP contribution < -0.4 is 20.6 Å². The Morgan fingerprint density at radius 3 is 2.39 bits per heavy atom. The number of carbonyl (C=O) groups is 2. The van der Waals surface area contributed by atoms with Crippen LogP contribution in [-0.2, 0) is 40.4 Å². The van der Waals surface area contributed by atoms with E-state index in [-0.39, 0.29) is 36.7 Å². The number of nitrogens with zero attached hydrogens (tertiary/aromatic N) is 1. The third-order valence-corrected chi connectivity index (χ3v) is 5.54. The van der Waals surface area contributed by atoms with Crippen LogP contribution in [0.3, 0.4) is 0 Å². The van der Waals surface area contributed by atoms with Crippen LogP contribution in [0.2, 0.25) is 5.02 Å². The Labute approximate surface area is 213 Å². The second-order valence-corrected chi connectivity index (χ2v) is 8.29. The van der Waals surface area contributed by atoms with E-state index < -0.39 is 30.0 Å². The van der Waals surface area contributed by atoms with E-state index in [0.717, 1.165) is 11.1 Å². The van der Waals surface area contributed by atoms with E-state index in [1.54, 1.807) is 36.4 Å². The number of hydrogen-bond donors (Lipinski definition) is 1. The highest BCUT2D eigenvalue weighted by Gasteiger charge is 2.25. The normalized spacial score (nSPS) is 10.9.